The van der Waals surface area contributed by atoms with E-state index in [1.807, 2.05) is 32.0 Å². The number of rotatable bonds is 7. The lowest BCUT2D eigenvalue weighted by atomic mass is 10.1. The van der Waals surface area contributed by atoms with Gasteiger partial charge in [0.2, 0.25) is 5.91 Å². The molecule has 5 nitrogen and oxygen atoms in total. The molecule has 1 atom stereocenters. The van der Waals surface area contributed by atoms with Gasteiger partial charge in [0.25, 0.3) is 0 Å². The molecule has 0 aromatic heterocycles. The summed E-state index contributed by atoms with van der Waals surface area (Å²) in [4.78, 5) is 22.1. The molecule has 0 bridgehead atoms. The summed E-state index contributed by atoms with van der Waals surface area (Å²) in [6, 6.07) is 5.78. The molecule has 0 saturated carbocycles. The smallest absolute Gasteiger partial charge is 0.308 e. The molecule has 1 unspecified atom stereocenters. The van der Waals surface area contributed by atoms with E-state index >= 15 is 0 Å². The highest BCUT2D eigenvalue weighted by molar-refractivity contribution is 5.77. The molecule has 20 heavy (non-hydrogen) atoms. The van der Waals surface area contributed by atoms with E-state index in [0.29, 0.717) is 0 Å². The molecule has 1 rings (SSSR count). The maximum Gasteiger partial charge on any atom is 0.308 e. The second-order valence-corrected chi connectivity index (χ2v) is 4.84. The van der Waals surface area contributed by atoms with E-state index in [0.717, 1.165) is 16.9 Å². The van der Waals surface area contributed by atoms with Crippen LogP contribution in [0.5, 0.6) is 5.75 Å². The lowest BCUT2D eigenvalue weighted by molar-refractivity contribution is -0.141. The highest BCUT2D eigenvalue weighted by Gasteiger charge is 2.12. The number of hydrogen-bond donors (Lipinski definition) is 2. The summed E-state index contributed by atoms with van der Waals surface area (Å²) in [5.74, 6) is -0.934. The van der Waals surface area contributed by atoms with Gasteiger partial charge in [-0.2, -0.15) is 0 Å². The standard InChI is InChI=1S/C15H21NO4/c1-10-5-4-6-13(12(10)3)20-8-7-14(17)16-9-11(2)15(18)19/h4-6,11H,7-9H2,1-3H3,(H,16,17)(H,18,19). The fourth-order valence-electron chi connectivity index (χ4n) is 1.58. The van der Waals surface area contributed by atoms with Crippen molar-refractivity contribution in [3.63, 3.8) is 0 Å². The van der Waals surface area contributed by atoms with Crippen molar-refractivity contribution in [1.82, 2.24) is 5.32 Å². The highest BCUT2D eigenvalue weighted by Crippen LogP contribution is 2.20. The van der Waals surface area contributed by atoms with E-state index in [1.54, 1.807) is 6.92 Å². The quantitative estimate of drug-likeness (QED) is 0.799. The highest BCUT2D eigenvalue weighted by atomic mass is 16.5. The van der Waals surface area contributed by atoms with Gasteiger partial charge in [-0.15, -0.1) is 0 Å². The molecule has 1 aromatic rings. The molecule has 0 spiro atoms. The average molecular weight is 279 g/mol. The molecule has 0 aliphatic carbocycles. The Morgan fingerprint density at radius 2 is 2.05 bits per heavy atom. The van der Waals surface area contributed by atoms with Gasteiger partial charge in [-0.05, 0) is 31.0 Å². The number of aryl methyl sites for hydroxylation is 1. The molecule has 1 aromatic carbocycles. The molecular weight excluding hydrogens is 258 g/mol. The minimum atomic E-state index is -0.920. The lowest BCUT2D eigenvalue weighted by Crippen LogP contribution is -2.32. The van der Waals surface area contributed by atoms with Crippen LogP contribution in [0.4, 0.5) is 0 Å². The van der Waals surface area contributed by atoms with Crippen LogP contribution in [0, 0.1) is 19.8 Å². The SMILES string of the molecule is Cc1cccc(OCCC(=O)NCC(C)C(=O)O)c1C. The molecule has 0 radical (unpaired) electrons. The molecule has 0 saturated heterocycles. The minimum absolute atomic E-state index is 0.137. The van der Waals surface area contributed by atoms with Gasteiger partial charge < -0.3 is 15.2 Å². The zero-order valence-electron chi connectivity index (χ0n) is 12.1. The first-order chi connectivity index (χ1) is 9.41. The molecule has 0 fully saturated rings. The Bertz CT molecular complexity index is 485. The second-order valence-electron chi connectivity index (χ2n) is 4.84. The van der Waals surface area contributed by atoms with Gasteiger partial charge in [-0.1, -0.05) is 19.1 Å². The van der Waals surface area contributed by atoms with Crippen LogP contribution in [-0.2, 0) is 9.59 Å². The molecule has 0 aliphatic rings. The van der Waals surface area contributed by atoms with Crippen molar-refractivity contribution in [3.05, 3.63) is 29.3 Å². The third-order valence-corrected chi connectivity index (χ3v) is 3.17. The Labute approximate surface area is 118 Å². The predicted molar refractivity (Wildman–Crippen MR) is 75.8 cm³/mol. The predicted octanol–water partition coefficient (Wildman–Crippen LogP) is 1.91. The Morgan fingerprint density at radius 1 is 1.35 bits per heavy atom. The fraction of sp³-hybridized carbons (Fsp3) is 0.467. The van der Waals surface area contributed by atoms with Gasteiger partial charge in [-0.3, -0.25) is 9.59 Å². The minimum Gasteiger partial charge on any atom is -0.493 e. The van der Waals surface area contributed by atoms with Crippen LogP contribution < -0.4 is 10.1 Å². The van der Waals surface area contributed by atoms with Crippen LogP contribution in [0.3, 0.4) is 0 Å². The number of amides is 1. The topological polar surface area (TPSA) is 75.6 Å². The fourth-order valence-corrected chi connectivity index (χ4v) is 1.58. The van der Waals surface area contributed by atoms with Crippen LogP contribution in [0.2, 0.25) is 0 Å². The zero-order valence-corrected chi connectivity index (χ0v) is 12.1. The van der Waals surface area contributed by atoms with E-state index in [4.69, 9.17) is 9.84 Å². The number of ether oxygens (including phenoxy) is 1. The van der Waals surface area contributed by atoms with Crippen molar-refractivity contribution in [1.29, 1.82) is 0 Å². The molecule has 0 heterocycles. The number of carboxylic acid groups (broad SMARTS) is 1. The first-order valence-electron chi connectivity index (χ1n) is 6.60. The summed E-state index contributed by atoms with van der Waals surface area (Å²) in [6.45, 7) is 5.94. The van der Waals surface area contributed by atoms with E-state index in [-0.39, 0.29) is 25.5 Å². The summed E-state index contributed by atoms with van der Waals surface area (Å²) < 4.78 is 5.57. The van der Waals surface area contributed by atoms with Gasteiger partial charge in [0.15, 0.2) is 0 Å². The number of carboxylic acids is 1. The van der Waals surface area contributed by atoms with Crippen LogP contribution >= 0.6 is 0 Å². The third kappa shape index (κ3) is 4.91. The Morgan fingerprint density at radius 3 is 2.70 bits per heavy atom. The summed E-state index contributed by atoms with van der Waals surface area (Å²) in [6.07, 6.45) is 0.208. The summed E-state index contributed by atoms with van der Waals surface area (Å²) in [5.41, 5.74) is 2.20. The van der Waals surface area contributed by atoms with Gasteiger partial charge in [0.05, 0.1) is 18.9 Å². The monoisotopic (exact) mass is 279 g/mol. The van der Waals surface area contributed by atoms with Crippen LogP contribution in [0.1, 0.15) is 24.5 Å². The van der Waals surface area contributed by atoms with Crippen LogP contribution in [-0.4, -0.2) is 30.1 Å². The lowest BCUT2D eigenvalue weighted by Gasteiger charge is -2.11. The van der Waals surface area contributed by atoms with Gasteiger partial charge >= 0.3 is 5.97 Å². The summed E-state index contributed by atoms with van der Waals surface area (Å²) >= 11 is 0. The Kier molecular flexibility index (Phi) is 6.03. The molecule has 1 amide bonds. The molecule has 2 N–H and O–H groups in total. The van der Waals surface area contributed by atoms with E-state index < -0.39 is 11.9 Å². The molecule has 0 aliphatic heterocycles. The number of aliphatic carboxylic acids is 1. The number of hydrogen-bond acceptors (Lipinski definition) is 3. The average Bonchev–Trinajstić information content (AvgIpc) is 2.40. The van der Waals surface area contributed by atoms with Crippen molar-refractivity contribution in [2.75, 3.05) is 13.2 Å². The number of carbonyl (C=O) groups is 2. The first-order valence-corrected chi connectivity index (χ1v) is 6.60. The number of nitrogens with one attached hydrogen (secondary N) is 1. The maximum atomic E-state index is 11.5. The van der Waals surface area contributed by atoms with Crippen molar-refractivity contribution in [3.8, 4) is 5.75 Å². The van der Waals surface area contributed by atoms with Crippen molar-refractivity contribution in [2.45, 2.75) is 27.2 Å². The van der Waals surface area contributed by atoms with E-state index in [9.17, 15) is 9.59 Å². The van der Waals surface area contributed by atoms with Gasteiger partial charge in [0.1, 0.15) is 5.75 Å². The van der Waals surface area contributed by atoms with E-state index in [1.165, 1.54) is 0 Å². The van der Waals surface area contributed by atoms with Crippen molar-refractivity contribution >= 4 is 11.9 Å². The van der Waals surface area contributed by atoms with E-state index in [2.05, 4.69) is 5.32 Å². The largest absolute Gasteiger partial charge is 0.493 e. The second kappa shape index (κ2) is 7.53. The number of benzene rings is 1. The molecular formula is C15H21NO4. The third-order valence-electron chi connectivity index (χ3n) is 3.17. The maximum absolute atomic E-state index is 11.5. The Balaban J connectivity index is 2.32. The zero-order chi connectivity index (χ0) is 15.1. The first kappa shape index (κ1) is 16.0. The molecule has 110 valence electrons. The van der Waals surface area contributed by atoms with Gasteiger partial charge in [-0.25, -0.2) is 0 Å². The van der Waals surface area contributed by atoms with Gasteiger partial charge in [0, 0.05) is 6.54 Å². The number of carbonyl (C=O) groups excluding carboxylic acids is 1. The normalized spacial score (nSPS) is 11.8. The van der Waals surface area contributed by atoms with Crippen molar-refractivity contribution < 1.29 is 19.4 Å². The van der Waals surface area contributed by atoms with Crippen LogP contribution in [0.15, 0.2) is 18.2 Å². The summed E-state index contributed by atoms with van der Waals surface area (Å²) in [7, 11) is 0. The summed E-state index contributed by atoms with van der Waals surface area (Å²) in [5, 5.41) is 11.3. The molecule has 5 heteroatoms. The van der Waals surface area contributed by atoms with Crippen LogP contribution in [0.25, 0.3) is 0 Å². The van der Waals surface area contributed by atoms with Crippen molar-refractivity contribution in [2.24, 2.45) is 5.92 Å². The Hall–Kier alpha value is -2.04.